The van der Waals surface area contributed by atoms with Gasteiger partial charge in [-0.1, -0.05) is 137 Å². The summed E-state index contributed by atoms with van der Waals surface area (Å²) in [6.45, 7) is 29.2. The number of fused-ring (bicyclic) bond motifs is 3. The topological polar surface area (TPSA) is 33.5 Å². The molecule has 1 aliphatic rings. The number of nitrogens with zero attached hydrogens (tertiary/aromatic N) is 4. The van der Waals surface area contributed by atoms with Crippen LogP contribution in [-0.4, -0.2) is 9.55 Å². The molecule has 0 bridgehead atoms. The number of para-hydroxylation sites is 1. The summed E-state index contributed by atoms with van der Waals surface area (Å²) in [5.41, 5.74) is 11.4. The fraction of sp³-hybridized carbons (Fsp3) is 0.296. The van der Waals surface area contributed by atoms with Crippen LogP contribution in [0.2, 0.25) is 0 Å². The third-order valence-corrected chi connectivity index (χ3v) is 11.4. The molecule has 312 valence electrons. The van der Waals surface area contributed by atoms with Gasteiger partial charge in [0.05, 0.1) is 0 Å². The first-order valence-electron chi connectivity index (χ1n) is 20.8. The molecule has 0 fully saturated rings. The van der Waals surface area contributed by atoms with E-state index in [1.54, 1.807) is 0 Å². The van der Waals surface area contributed by atoms with E-state index in [2.05, 4.69) is 226 Å². The molecule has 0 spiro atoms. The molecule has 3 heterocycles. The Kier molecular flexibility index (Phi) is 11.3. The van der Waals surface area contributed by atoms with Gasteiger partial charge in [0.25, 0.3) is 0 Å². The Labute approximate surface area is 372 Å². The summed E-state index contributed by atoms with van der Waals surface area (Å²) in [6, 6.07) is 44.3. The fourth-order valence-electron chi connectivity index (χ4n) is 7.60. The Morgan fingerprint density at radius 2 is 1.15 bits per heavy atom. The molecule has 8 rings (SSSR count). The Balaban J connectivity index is 0.00000544. The molecule has 0 aliphatic carbocycles. The molecule has 6 heteroatoms. The van der Waals surface area contributed by atoms with E-state index < -0.39 is 0 Å². The van der Waals surface area contributed by atoms with E-state index >= 15 is 0 Å². The van der Waals surface area contributed by atoms with Gasteiger partial charge in [-0.2, -0.15) is 6.07 Å². The van der Waals surface area contributed by atoms with Crippen molar-refractivity contribution in [1.29, 1.82) is 0 Å². The van der Waals surface area contributed by atoms with Crippen LogP contribution in [0.3, 0.4) is 0 Å². The first kappa shape index (κ1) is 43.0. The minimum Gasteiger partial charge on any atom is -0.509 e. The maximum atomic E-state index is 6.74. The minimum absolute atomic E-state index is 0. The quantitative estimate of drug-likeness (QED) is 0.156. The minimum atomic E-state index is -0.127. The Morgan fingerprint density at radius 1 is 0.533 bits per heavy atom. The number of anilines is 2. The zero-order valence-electron chi connectivity index (χ0n) is 37.1. The second kappa shape index (κ2) is 15.7. The van der Waals surface area contributed by atoms with E-state index in [-0.39, 0.29) is 42.7 Å². The van der Waals surface area contributed by atoms with Gasteiger partial charge in [0, 0.05) is 50.0 Å². The maximum Gasteiger partial charge on any atom is 0.136 e. The van der Waals surface area contributed by atoms with Gasteiger partial charge in [0.2, 0.25) is 0 Å². The molecule has 60 heavy (non-hydrogen) atoms. The number of benzene rings is 5. The van der Waals surface area contributed by atoms with Crippen LogP contribution in [0.4, 0.5) is 11.4 Å². The Hall–Kier alpha value is -5.12. The van der Waals surface area contributed by atoms with Crippen molar-refractivity contribution in [3.8, 4) is 28.4 Å². The molecule has 0 saturated carbocycles. The normalized spacial score (nSPS) is 13.7. The molecule has 0 atom stereocenters. The number of aromatic nitrogens is 2. The largest absolute Gasteiger partial charge is 0.509 e. The molecule has 7 aromatic rings. The fourth-order valence-corrected chi connectivity index (χ4v) is 7.60. The molecular formula is C54H57N4OPt-3. The number of ether oxygens (including phenoxy) is 1. The SMILES string of the molecule is CC(C)(C)c1ccc(-c2ccnc(-n3c4[c-]c(Oc5[c-]c(N6C=CN(c7cc(C(C)(C)C)cc(C(C)(C)C)c7)[CH-]6)cc(C(C)(C)C)c5)ccc4c4ccccc43)c2)cc1.[Pt]. The Bertz CT molecular complexity index is 2680. The van der Waals surface area contributed by atoms with Crippen LogP contribution in [-0.2, 0) is 42.7 Å². The molecule has 0 radical (unpaired) electrons. The van der Waals surface area contributed by atoms with Crippen molar-refractivity contribution < 1.29 is 25.8 Å². The van der Waals surface area contributed by atoms with Gasteiger partial charge >= 0.3 is 0 Å². The third kappa shape index (κ3) is 8.70. The van der Waals surface area contributed by atoms with Crippen molar-refractivity contribution in [2.45, 2.75) is 105 Å². The number of hydrogen-bond acceptors (Lipinski definition) is 4. The van der Waals surface area contributed by atoms with Gasteiger partial charge in [-0.05, 0) is 97.6 Å². The molecule has 5 aromatic carbocycles. The number of rotatable bonds is 6. The average molecular weight is 973 g/mol. The van der Waals surface area contributed by atoms with Gasteiger partial charge in [-0.25, -0.2) is 4.98 Å². The monoisotopic (exact) mass is 972 g/mol. The second-order valence-corrected chi connectivity index (χ2v) is 20.1. The van der Waals surface area contributed by atoms with Crippen LogP contribution < -0.4 is 14.5 Å². The summed E-state index contributed by atoms with van der Waals surface area (Å²) in [5, 5.41) is 2.23. The van der Waals surface area contributed by atoms with Crippen LogP contribution in [0.15, 0.2) is 122 Å². The van der Waals surface area contributed by atoms with E-state index in [4.69, 9.17) is 9.72 Å². The van der Waals surface area contributed by atoms with E-state index in [9.17, 15) is 0 Å². The average Bonchev–Trinajstić information content (AvgIpc) is 3.80. The van der Waals surface area contributed by atoms with E-state index in [0.717, 1.165) is 55.7 Å². The van der Waals surface area contributed by atoms with Crippen molar-refractivity contribution >= 4 is 33.2 Å². The van der Waals surface area contributed by atoms with Crippen molar-refractivity contribution in [1.82, 2.24) is 9.55 Å². The van der Waals surface area contributed by atoms with Gasteiger partial charge in [0.15, 0.2) is 0 Å². The van der Waals surface area contributed by atoms with Crippen LogP contribution >= 0.6 is 0 Å². The van der Waals surface area contributed by atoms with E-state index in [0.29, 0.717) is 11.5 Å². The van der Waals surface area contributed by atoms with Crippen molar-refractivity contribution in [2.75, 3.05) is 9.80 Å². The predicted octanol–water partition coefficient (Wildman–Crippen LogP) is 14.3. The summed E-state index contributed by atoms with van der Waals surface area (Å²) in [7, 11) is 0. The molecule has 0 N–H and O–H groups in total. The molecule has 5 nitrogen and oxygen atoms in total. The van der Waals surface area contributed by atoms with Gasteiger partial charge < -0.3 is 19.1 Å². The molecule has 2 aromatic heterocycles. The summed E-state index contributed by atoms with van der Waals surface area (Å²) >= 11 is 0. The predicted molar refractivity (Wildman–Crippen MR) is 248 cm³/mol. The van der Waals surface area contributed by atoms with E-state index in [1.807, 2.05) is 12.3 Å². The zero-order valence-corrected chi connectivity index (χ0v) is 39.4. The standard InChI is InChI=1S/C54H57N4O.Pt/c1-51(2,3)38-19-17-36(18-20-38)37-23-24-55-50(27-37)58-48-16-14-13-15-46(48)47-22-21-44(34-49(47)58)59-45-32-41(54(10,11)12)31-43(33-45)57-26-25-56(35-57)42-29-39(52(4,5)6)28-40(30-42)53(7,8)9;/h13-32,35H,1-12H3;/q-3;. The van der Waals surface area contributed by atoms with E-state index in [1.165, 1.54) is 16.7 Å². The summed E-state index contributed by atoms with van der Waals surface area (Å²) in [6.07, 6.45) is 6.11. The van der Waals surface area contributed by atoms with Crippen molar-refractivity contribution in [2.24, 2.45) is 0 Å². The zero-order chi connectivity index (χ0) is 42.1. The van der Waals surface area contributed by atoms with Gasteiger partial charge in [-0.3, -0.25) is 0 Å². The second-order valence-electron chi connectivity index (χ2n) is 20.1. The van der Waals surface area contributed by atoms with Crippen LogP contribution in [0.25, 0.3) is 38.8 Å². The molecule has 0 amide bonds. The van der Waals surface area contributed by atoms with Gasteiger partial charge in [0.1, 0.15) is 5.82 Å². The molecule has 1 aliphatic heterocycles. The summed E-state index contributed by atoms with van der Waals surface area (Å²) in [4.78, 5) is 9.24. The van der Waals surface area contributed by atoms with Crippen LogP contribution in [0, 0.1) is 18.8 Å². The van der Waals surface area contributed by atoms with Crippen molar-refractivity contribution in [3.63, 3.8) is 0 Å². The number of pyridine rings is 1. The first-order valence-corrected chi connectivity index (χ1v) is 20.8. The van der Waals surface area contributed by atoms with Gasteiger partial charge in [-0.15, -0.1) is 53.6 Å². The summed E-state index contributed by atoms with van der Waals surface area (Å²) < 4.78 is 8.93. The third-order valence-electron chi connectivity index (χ3n) is 11.4. The molecule has 0 saturated heterocycles. The van der Waals surface area contributed by atoms with Crippen LogP contribution in [0.1, 0.15) is 105 Å². The smallest absolute Gasteiger partial charge is 0.136 e. The summed E-state index contributed by atoms with van der Waals surface area (Å²) in [5.74, 6) is 2.07. The molecule has 0 unspecified atom stereocenters. The Morgan fingerprint density at radius 3 is 1.80 bits per heavy atom. The van der Waals surface area contributed by atoms with Crippen LogP contribution in [0.5, 0.6) is 11.5 Å². The molecular weight excluding hydrogens is 916 g/mol. The maximum absolute atomic E-state index is 6.74. The van der Waals surface area contributed by atoms with Crippen molar-refractivity contribution in [3.05, 3.63) is 163 Å². The first-order chi connectivity index (χ1) is 27.7. The number of hydrogen-bond donors (Lipinski definition) is 0.